The molecule has 5 heteroatoms. The highest BCUT2D eigenvalue weighted by Gasteiger charge is 2.25. The normalized spacial score (nSPS) is 20.6. The largest absolute Gasteiger partial charge is 0.367 e. The van der Waals surface area contributed by atoms with Gasteiger partial charge in [-0.15, -0.1) is 0 Å². The van der Waals surface area contributed by atoms with Crippen LogP contribution in [0.25, 0.3) is 0 Å². The van der Waals surface area contributed by atoms with Crippen molar-refractivity contribution < 1.29 is 0 Å². The molecule has 3 N–H and O–H groups in total. The van der Waals surface area contributed by atoms with Gasteiger partial charge in [0.05, 0.1) is 0 Å². The van der Waals surface area contributed by atoms with Crippen molar-refractivity contribution in [1.82, 2.24) is 9.97 Å². The minimum atomic E-state index is 0.422. The first-order chi connectivity index (χ1) is 9.13. The van der Waals surface area contributed by atoms with Gasteiger partial charge in [0.25, 0.3) is 0 Å². The van der Waals surface area contributed by atoms with E-state index in [1.54, 1.807) is 0 Å². The van der Waals surface area contributed by atoms with Crippen molar-refractivity contribution in [2.75, 3.05) is 23.3 Å². The van der Waals surface area contributed by atoms with Crippen LogP contribution in [-0.4, -0.2) is 35.1 Å². The fraction of sp³-hybridized carbons (Fsp3) is 0.714. The van der Waals surface area contributed by atoms with E-state index in [0.717, 1.165) is 36.8 Å². The Morgan fingerprint density at radius 1 is 1.53 bits per heavy atom. The Hall–Kier alpha value is -1.36. The molecule has 5 nitrogen and oxygen atoms in total. The zero-order chi connectivity index (χ0) is 13.8. The number of aromatic nitrogens is 2. The predicted octanol–water partition coefficient (Wildman–Crippen LogP) is 1.92. The first kappa shape index (κ1) is 14.1. The molecule has 2 heterocycles. The third kappa shape index (κ3) is 3.35. The lowest BCUT2D eigenvalue weighted by Gasteiger charge is -2.25. The number of hydrogen-bond acceptors (Lipinski definition) is 5. The number of anilines is 2. The smallest absolute Gasteiger partial charge is 0.134 e. The van der Waals surface area contributed by atoms with Crippen LogP contribution in [0, 0.1) is 6.92 Å². The van der Waals surface area contributed by atoms with E-state index in [4.69, 9.17) is 5.73 Å². The summed E-state index contributed by atoms with van der Waals surface area (Å²) >= 11 is 0. The minimum Gasteiger partial charge on any atom is -0.367 e. The highest BCUT2D eigenvalue weighted by Crippen LogP contribution is 2.25. The third-order valence-corrected chi connectivity index (χ3v) is 3.77. The number of rotatable bonds is 5. The van der Waals surface area contributed by atoms with Gasteiger partial charge in [-0.05, 0) is 33.1 Å². The van der Waals surface area contributed by atoms with E-state index in [0.29, 0.717) is 18.6 Å². The molecule has 0 bridgehead atoms. The second-order valence-corrected chi connectivity index (χ2v) is 5.34. The monoisotopic (exact) mass is 263 g/mol. The molecule has 1 aromatic rings. The van der Waals surface area contributed by atoms with Gasteiger partial charge in [-0.3, -0.25) is 0 Å². The number of aryl methyl sites for hydroxylation is 1. The molecular formula is C14H25N5. The first-order valence-corrected chi connectivity index (χ1v) is 7.23. The Kier molecular flexibility index (Phi) is 4.58. The standard InChI is InChI=1S/C14H25N5/c1-4-10(2)16-13-8-14(18-11(3)17-13)19-7-5-6-12(19)9-15/h8,10,12H,4-7,9,15H2,1-3H3,(H,16,17,18). The average Bonchev–Trinajstić information content (AvgIpc) is 2.86. The third-order valence-electron chi connectivity index (χ3n) is 3.77. The summed E-state index contributed by atoms with van der Waals surface area (Å²) in [6.45, 7) is 8.00. The molecule has 2 atom stereocenters. The molecule has 1 aliphatic rings. The van der Waals surface area contributed by atoms with E-state index in [9.17, 15) is 0 Å². The van der Waals surface area contributed by atoms with Crippen LogP contribution >= 0.6 is 0 Å². The van der Waals surface area contributed by atoms with Crippen LogP contribution in [0.5, 0.6) is 0 Å². The lowest BCUT2D eigenvalue weighted by molar-refractivity contribution is 0.669. The van der Waals surface area contributed by atoms with Crippen LogP contribution in [0.4, 0.5) is 11.6 Å². The van der Waals surface area contributed by atoms with E-state index in [2.05, 4.69) is 34.0 Å². The number of hydrogen-bond donors (Lipinski definition) is 2. The summed E-state index contributed by atoms with van der Waals surface area (Å²) in [5.41, 5.74) is 5.84. The maximum absolute atomic E-state index is 5.84. The lowest BCUT2D eigenvalue weighted by atomic mass is 10.2. The SMILES string of the molecule is CCC(C)Nc1cc(N2CCCC2CN)nc(C)n1. The van der Waals surface area contributed by atoms with Gasteiger partial charge in [0.1, 0.15) is 17.5 Å². The Morgan fingerprint density at radius 2 is 2.32 bits per heavy atom. The number of nitrogens with zero attached hydrogens (tertiary/aromatic N) is 3. The number of nitrogens with two attached hydrogens (primary N) is 1. The summed E-state index contributed by atoms with van der Waals surface area (Å²) in [6, 6.07) is 2.89. The maximum atomic E-state index is 5.84. The fourth-order valence-corrected chi connectivity index (χ4v) is 2.51. The summed E-state index contributed by atoms with van der Waals surface area (Å²) in [6.07, 6.45) is 3.43. The van der Waals surface area contributed by atoms with Gasteiger partial charge in [-0.2, -0.15) is 0 Å². The van der Waals surface area contributed by atoms with E-state index < -0.39 is 0 Å². The summed E-state index contributed by atoms with van der Waals surface area (Å²) in [7, 11) is 0. The van der Waals surface area contributed by atoms with E-state index in [-0.39, 0.29) is 0 Å². The van der Waals surface area contributed by atoms with E-state index in [1.165, 1.54) is 6.42 Å². The number of nitrogens with one attached hydrogen (secondary N) is 1. The zero-order valence-corrected chi connectivity index (χ0v) is 12.2. The summed E-state index contributed by atoms with van der Waals surface area (Å²) in [4.78, 5) is 11.3. The van der Waals surface area contributed by atoms with Gasteiger partial charge in [-0.25, -0.2) is 9.97 Å². The first-order valence-electron chi connectivity index (χ1n) is 7.23. The Morgan fingerprint density at radius 3 is 3.00 bits per heavy atom. The maximum Gasteiger partial charge on any atom is 0.134 e. The Bertz CT molecular complexity index is 420. The molecule has 0 aromatic carbocycles. The van der Waals surface area contributed by atoms with Gasteiger partial charge in [-0.1, -0.05) is 6.92 Å². The van der Waals surface area contributed by atoms with Crippen molar-refractivity contribution in [3.05, 3.63) is 11.9 Å². The van der Waals surface area contributed by atoms with Gasteiger partial charge < -0.3 is 16.0 Å². The summed E-state index contributed by atoms with van der Waals surface area (Å²) < 4.78 is 0. The van der Waals surface area contributed by atoms with Crippen molar-refractivity contribution in [2.45, 2.75) is 52.1 Å². The molecule has 1 saturated heterocycles. The molecule has 0 spiro atoms. The molecule has 2 rings (SSSR count). The van der Waals surface area contributed by atoms with Gasteiger partial charge in [0.15, 0.2) is 0 Å². The average molecular weight is 263 g/mol. The fourth-order valence-electron chi connectivity index (χ4n) is 2.51. The summed E-state index contributed by atoms with van der Waals surface area (Å²) in [5.74, 6) is 2.73. The van der Waals surface area contributed by atoms with Crippen LogP contribution in [0.1, 0.15) is 38.9 Å². The van der Waals surface area contributed by atoms with Crippen molar-refractivity contribution in [3.63, 3.8) is 0 Å². The highest BCUT2D eigenvalue weighted by atomic mass is 15.2. The second-order valence-electron chi connectivity index (χ2n) is 5.34. The second kappa shape index (κ2) is 6.19. The predicted molar refractivity (Wildman–Crippen MR) is 79.6 cm³/mol. The highest BCUT2D eigenvalue weighted by molar-refractivity contribution is 5.51. The molecule has 106 valence electrons. The summed E-state index contributed by atoms with van der Waals surface area (Å²) in [5, 5.41) is 3.42. The van der Waals surface area contributed by atoms with Crippen molar-refractivity contribution in [2.24, 2.45) is 5.73 Å². The van der Waals surface area contributed by atoms with Gasteiger partial charge in [0, 0.05) is 31.2 Å². The minimum absolute atomic E-state index is 0.422. The topological polar surface area (TPSA) is 67.1 Å². The van der Waals surface area contributed by atoms with E-state index >= 15 is 0 Å². The van der Waals surface area contributed by atoms with Crippen molar-refractivity contribution >= 4 is 11.6 Å². The van der Waals surface area contributed by atoms with Crippen molar-refractivity contribution in [1.29, 1.82) is 0 Å². The molecule has 1 aliphatic heterocycles. The van der Waals surface area contributed by atoms with Crippen LogP contribution in [-0.2, 0) is 0 Å². The van der Waals surface area contributed by atoms with E-state index in [1.807, 2.05) is 13.0 Å². The Balaban J connectivity index is 2.21. The van der Waals surface area contributed by atoms with Gasteiger partial charge >= 0.3 is 0 Å². The molecule has 0 saturated carbocycles. The molecule has 0 amide bonds. The quantitative estimate of drug-likeness (QED) is 0.849. The Labute approximate surface area is 115 Å². The molecule has 2 unspecified atom stereocenters. The van der Waals surface area contributed by atoms with Crippen LogP contribution in [0.2, 0.25) is 0 Å². The van der Waals surface area contributed by atoms with Crippen LogP contribution < -0.4 is 16.0 Å². The van der Waals surface area contributed by atoms with Crippen LogP contribution in [0.15, 0.2) is 6.07 Å². The molecule has 0 aliphatic carbocycles. The molecule has 1 aromatic heterocycles. The van der Waals surface area contributed by atoms with Crippen molar-refractivity contribution in [3.8, 4) is 0 Å². The molecule has 0 radical (unpaired) electrons. The molecule has 1 fully saturated rings. The zero-order valence-electron chi connectivity index (χ0n) is 12.2. The molecular weight excluding hydrogens is 238 g/mol. The van der Waals surface area contributed by atoms with Crippen LogP contribution in [0.3, 0.4) is 0 Å². The lowest BCUT2D eigenvalue weighted by Crippen LogP contribution is -2.36. The molecule has 19 heavy (non-hydrogen) atoms. The van der Waals surface area contributed by atoms with Gasteiger partial charge in [0.2, 0.25) is 0 Å².